The van der Waals surface area contributed by atoms with Crippen molar-refractivity contribution >= 4 is 0 Å². The largest absolute Gasteiger partial charge is 0.393 e. The quantitative estimate of drug-likeness (QED) is 0.448. The van der Waals surface area contributed by atoms with Crippen molar-refractivity contribution in [2.75, 3.05) is 0 Å². The van der Waals surface area contributed by atoms with Gasteiger partial charge in [0.05, 0.1) is 6.10 Å². The molecule has 0 spiro atoms. The minimum Gasteiger partial charge on any atom is -0.393 e. The van der Waals surface area contributed by atoms with Crippen LogP contribution in [0.15, 0.2) is 23.3 Å². The van der Waals surface area contributed by atoms with Crippen LogP contribution in [-0.2, 0) is 0 Å². The number of hydrogen-bond acceptors (Lipinski definition) is 1. The second kappa shape index (κ2) is 7.75. The number of aliphatic hydroxyl groups excluding tert-OH is 1. The molecule has 7 atom stereocenters. The first-order valence-corrected chi connectivity index (χ1v) is 13.4. The molecule has 1 heteroatoms. The van der Waals surface area contributed by atoms with Crippen LogP contribution >= 0.6 is 0 Å². The standard InChI is InChI=1S/C30H50O/c1-20(2)10-9-11-21(3)22-14-18-29(7)23(22)12-13-25-28(6)17-16-26(31)27(4,5)24(28)15-19-30(25,29)8/h11-12,20,22,24-26,31H,9-10,13-19H2,1-8H3/b21-11-/t22-,24+,25+,26-,28-,29+,30+/m0/s1. The molecule has 1 N–H and O–H groups in total. The average Bonchev–Trinajstić information content (AvgIpc) is 3.03. The van der Waals surface area contributed by atoms with Gasteiger partial charge >= 0.3 is 0 Å². The van der Waals surface area contributed by atoms with E-state index in [-0.39, 0.29) is 11.5 Å². The molecular formula is C30H50O. The highest BCUT2D eigenvalue weighted by atomic mass is 16.3. The summed E-state index contributed by atoms with van der Waals surface area (Å²) in [6, 6.07) is 0. The fraction of sp³-hybridized carbons (Fsp3) is 0.867. The number of allylic oxidation sites excluding steroid dienone is 4. The maximum Gasteiger partial charge on any atom is 0.0594 e. The van der Waals surface area contributed by atoms with Crippen LogP contribution in [0.4, 0.5) is 0 Å². The van der Waals surface area contributed by atoms with Gasteiger partial charge in [0.25, 0.3) is 0 Å². The van der Waals surface area contributed by atoms with E-state index < -0.39 is 0 Å². The highest BCUT2D eigenvalue weighted by molar-refractivity contribution is 5.36. The third-order valence-corrected chi connectivity index (χ3v) is 11.6. The third-order valence-electron chi connectivity index (χ3n) is 11.6. The van der Waals surface area contributed by atoms with Gasteiger partial charge in [-0.15, -0.1) is 0 Å². The van der Waals surface area contributed by atoms with Gasteiger partial charge in [-0.2, -0.15) is 0 Å². The molecular weight excluding hydrogens is 376 g/mol. The van der Waals surface area contributed by atoms with Gasteiger partial charge in [0.2, 0.25) is 0 Å². The van der Waals surface area contributed by atoms with E-state index >= 15 is 0 Å². The van der Waals surface area contributed by atoms with Crippen LogP contribution < -0.4 is 0 Å². The summed E-state index contributed by atoms with van der Waals surface area (Å²) in [5, 5.41) is 10.8. The smallest absolute Gasteiger partial charge is 0.0594 e. The van der Waals surface area contributed by atoms with E-state index in [4.69, 9.17) is 0 Å². The lowest BCUT2D eigenvalue weighted by molar-refractivity contribution is -0.192. The molecule has 0 aliphatic heterocycles. The average molecular weight is 427 g/mol. The van der Waals surface area contributed by atoms with Gasteiger partial charge in [-0.05, 0) is 104 Å². The monoisotopic (exact) mass is 426 g/mol. The normalized spacial score (nSPS) is 46.9. The first-order valence-electron chi connectivity index (χ1n) is 13.4. The summed E-state index contributed by atoms with van der Waals surface area (Å²) in [7, 11) is 0. The molecule has 4 rings (SSSR count). The Balaban J connectivity index is 1.65. The zero-order chi connectivity index (χ0) is 22.8. The predicted octanol–water partition coefficient (Wildman–Crippen LogP) is 8.34. The first kappa shape index (κ1) is 23.6. The molecule has 0 amide bonds. The Morgan fingerprint density at radius 2 is 1.74 bits per heavy atom. The van der Waals surface area contributed by atoms with Crippen LogP contribution in [0.3, 0.4) is 0 Å². The minimum absolute atomic E-state index is 0.0488. The van der Waals surface area contributed by atoms with E-state index in [0.29, 0.717) is 28.1 Å². The van der Waals surface area contributed by atoms with Crippen LogP contribution in [0.5, 0.6) is 0 Å². The van der Waals surface area contributed by atoms with Crippen LogP contribution in [0.25, 0.3) is 0 Å². The summed E-state index contributed by atoms with van der Waals surface area (Å²) >= 11 is 0. The molecule has 4 aliphatic carbocycles. The number of rotatable bonds is 4. The van der Waals surface area contributed by atoms with E-state index in [1.165, 1.54) is 51.4 Å². The van der Waals surface area contributed by atoms with Gasteiger partial charge in [-0.3, -0.25) is 0 Å². The Labute approximate surface area is 193 Å². The maximum atomic E-state index is 10.8. The Bertz CT molecular complexity index is 756. The van der Waals surface area contributed by atoms with Crippen molar-refractivity contribution in [2.24, 2.45) is 45.3 Å². The number of aliphatic hydroxyl groups is 1. The van der Waals surface area contributed by atoms with Crippen LogP contribution in [0.1, 0.15) is 113 Å². The van der Waals surface area contributed by atoms with Crippen LogP contribution in [-0.4, -0.2) is 11.2 Å². The highest BCUT2D eigenvalue weighted by Gasteiger charge is 2.66. The van der Waals surface area contributed by atoms with Gasteiger partial charge in [-0.25, -0.2) is 0 Å². The molecule has 4 aliphatic rings. The van der Waals surface area contributed by atoms with E-state index in [9.17, 15) is 5.11 Å². The predicted molar refractivity (Wildman–Crippen MR) is 133 cm³/mol. The van der Waals surface area contributed by atoms with Crippen molar-refractivity contribution in [3.8, 4) is 0 Å². The van der Waals surface area contributed by atoms with Crippen molar-refractivity contribution in [3.63, 3.8) is 0 Å². The van der Waals surface area contributed by atoms with Crippen LogP contribution in [0.2, 0.25) is 0 Å². The summed E-state index contributed by atoms with van der Waals surface area (Å²) in [4.78, 5) is 0. The van der Waals surface area contributed by atoms with Gasteiger partial charge in [0, 0.05) is 5.92 Å². The summed E-state index contributed by atoms with van der Waals surface area (Å²) in [5.41, 5.74) is 4.59. The summed E-state index contributed by atoms with van der Waals surface area (Å²) in [5.74, 6) is 2.88. The fourth-order valence-electron chi connectivity index (χ4n) is 9.34. The molecule has 0 aromatic rings. The zero-order valence-electron chi connectivity index (χ0n) is 21.9. The molecule has 0 radical (unpaired) electrons. The Hall–Kier alpha value is -0.560. The van der Waals surface area contributed by atoms with Crippen molar-refractivity contribution in [1.82, 2.24) is 0 Å². The van der Waals surface area contributed by atoms with E-state index in [0.717, 1.165) is 18.3 Å². The van der Waals surface area contributed by atoms with E-state index in [1.807, 2.05) is 0 Å². The molecule has 0 aromatic carbocycles. The first-order chi connectivity index (χ1) is 14.4. The van der Waals surface area contributed by atoms with Crippen molar-refractivity contribution < 1.29 is 5.11 Å². The SMILES string of the molecule is C/C(=C/CCC(C)C)[C@@H]1CC[C@]2(C)C1=CC[C@@H]1[C@@]3(C)CC[C@H](O)C(C)(C)[C@H]3CC[C@]12C. The van der Waals surface area contributed by atoms with Crippen molar-refractivity contribution in [2.45, 2.75) is 119 Å². The molecule has 0 aromatic heterocycles. The maximum absolute atomic E-state index is 10.8. The minimum atomic E-state index is -0.130. The fourth-order valence-corrected chi connectivity index (χ4v) is 9.34. The van der Waals surface area contributed by atoms with E-state index in [2.05, 4.69) is 67.5 Å². The third kappa shape index (κ3) is 3.34. The molecule has 1 nitrogen and oxygen atoms in total. The molecule has 0 saturated heterocycles. The van der Waals surface area contributed by atoms with Gasteiger partial charge in [-0.1, -0.05) is 71.8 Å². The zero-order valence-corrected chi connectivity index (χ0v) is 21.9. The van der Waals surface area contributed by atoms with Gasteiger partial charge < -0.3 is 5.11 Å². The van der Waals surface area contributed by atoms with E-state index in [1.54, 1.807) is 11.1 Å². The lowest BCUT2D eigenvalue weighted by atomic mass is 9.37. The Kier molecular flexibility index (Phi) is 5.90. The Morgan fingerprint density at radius 1 is 1.03 bits per heavy atom. The molecule has 0 unspecified atom stereocenters. The number of hydrogen-bond donors (Lipinski definition) is 1. The van der Waals surface area contributed by atoms with Crippen molar-refractivity contribution in [1.29, 1.82) is 0 Å². The lowest BCUT2D eigenvalue weighted by Gasteiger charge is -2.68. The highest BCUT2D eigenvalue weighted by Crippen LogP contribution is 2.74. The summed E-state index contributed by atoms with van der Waals surface area (Å²) in [6.45, 7) is 19.7. The second-order valence-corrected chi connectivity index (χ2v) is 13.7. The second-order valence-electron chi connectivity index (χ2n) is 13.7. The molecule has 176 valence electrons. The molecule has 0 heterocycles. The molecule has 3 fully saturated rings. The summed E-state index contributed by atoms with van der Waals surface area (Å²) < 4.78 is 0. The topological polar surface area (TPSA) is 20.2 Å². The Morgan fingerprint density at radius 3 is 2.42 bits per heavy atom. The number of fused-ring (bicyclic) bond motifs is 5. The van der Waals surface area contributed by atoms with Crippen LogP contribution in [0, 0.1) is 45.3 Å². The lowest BCUT2D eigenvalue weighted by Crippen LogP contribution is -2.62. The van der Waals surface area contributed by atoms with Gasteiger partial charge in [0.1, 0.15) is 0 Å². The van der Waals surface area contributed by atoms with Crippen molar-refractivity contribution in [3.05, 3.63) is 23.3 Å². The molecule has 31 heavy (non-hydrogen) atoms. The van der Waals surface area contributed by atoms with Gasteiger partial charge in [0.15, 0.2) is 0 Å². The molecule has 0 bridgehead atoms. The molecule has 3 saturated carbocycles. The summed E-state index contributed by atoms with van der Waals surface area (Å²) in [6.07, 6.45) is 16.5.